The van der Waals surface area contributed by atoms with E-state index in [9.17, 15) is 8.42 Å². The Balaban J connectivity index is 2.01. The first-order valence-electron chi connectivity index (χ1n) is 7.90. The van der Waals surface area contributed by atoms with Crippen molar-refractivity contribution in [2.24, 2.45) is 0 Å². The molecule has 0 aliphatic heterocycles. The molecule has 3 rings (SSSR count). The van der Waals surface area contributed by atoms with Crippen molar-refractivity contribution in [3.8, 4) is 11.5 Å². The summed E-state index contributed by atoms with van der Waals surface area (Å²) in [5.74, 6) is 0.634. The second-order valence-corrected chi connectivity index (χ2v) is 7.81. The Bertz CT molecular complexity index is 801. The van der Waals surface area contributed by atoms with Crippen LogP contribution in [0.15, 0.2) is 9.31 Å². The van der Waals surface area contributed by atoms with E-state index in [1.807, 2.05) is 6.92 Å². The summed E-state index contributed by atoms with van der Waals surface area (Å²) in [6.07, 6.45) is 5.07. The molecule has 0 radical (unpaired) electrons. The minimum Gasteiger partial charge on any atom is -0.421 e. The van der Waals surface area contributed by atoms with Crippen LogP contribution in [0.25, 0.3) is 11.5 Å². The van der Waals surface area contributed by atoms with Gasteiger partial charge in [0, 0.05) is 24.4 Å². The molecule has 23 heavy (non-hydrogen) atoms. The van der Waals surface area contributed by atoms with Gasteiger partial charge >= 0.3 is 0 Å². The second kappa shape index (κ2) is 6.09. The van der Waals surface area contributed by atoms with Crippen molar-refractivity contribution in [3.05, 3.63) is 17.3 Å². The van der Waals surface area contributed by atoms with Crippen molar-refractivity contribution in [2.45, 2.75) is 63.8 Å². The third kappa shape index (κ3) is 3.18. The van der Waals surface area contributed by atoms with Gasteiger partial charge in [0.05, 0.1) is 5.56 Å². The fourth-order valence-corrected chi connectivity index (χ4v) is 5.00. The Labute approximate surface area is 135 Å². The van der Waals surface area contributed by atoms with Crippen molar-refractivity contribution in [3.63, 3.8) is 0 Å². The third-order valence-electron chi connectivity index (χ3n) is 4.25. The van der Waals surface area contributed by atoms with Gasteiger partial charge in [-0.25, -0.2) is 13.1 Å². The average Bonchev–Trinajstić information content (AvgIpc) is 3.02. The molecule has 126 valence electrons. The molecule has 1 aliphatic carbocycles. The van der Waals surface area contributed by atoms with Crippen LogP contribution in [-0.2, 0) is 10.0 Å². The number of aryl methyl sites for hydroxylation is 3. The Morgan fingerprint density at radius 2 is 1.78 bits per heavy atom. The lowest BCUT2D eigenvalue weighted by Crippen LogP contribution is -2.36. The van der Waals surface area contributed by atoms with E-state index in [-0.39, 0.29) is 16.8 Å². The molecule has 0 unspecified atom stereocenters. The largest absolute Gasteiger partial charge is 0.421 e. The first-order chi connectivity index (χ1) is 10.9. The van der Waals surface area contributed by atoms with E-state index in [1.54, 1.807) is 13.8 Å². The van der Waals surface area contributed by atoms with Gasteiger partial charge in [-0.05, 0) is 26.7 Å². The number of H-pyrrole nitrogens is 1. The van der Waals surface area contributed by atoms with E-state index in [0.717, 1.165) is 25.7 Å². The summed E-state index contributed by atoms with van der Waals surface area (Å²) in [7, 11) is -3.65. The number of hydrogen-bond acceptors (Lipinski definition) is 5. The van der Waals surface area contributed by atoms with Crippen LogP contribution in [0.5, 0.6) is 0 Å². The molecule has 0 saturated heterocycles. The normalized spacial score (nSPS) is 16.8. The van der Waals surface area contributed by atoms with Crippen molar-refractivity contribution in [2.75, 3.05) is 0 Å². The summed E-state index contributed by atoms with van der Waals surface area (Å²) >= 11 is 0. The van der Waals surface area contributed by atoms with Gasteiger partial charge < -0.3 is 9.40 Å². The third-order valence-corrected chi connectivity index (χ3v) is 5.94. The Morgan fingerprint density at radius 1 is 1.09 bits per heavy atom. The number of aromatic nitrogens is 3. The Hall–Kier alpha value is -1.67. The van der Waals surface area contributed by atoms with Crippen LogP contribution in [-0.4, -0.2) is 29.6 Å². The highest BCUT2D eigenvalue weighted by Gasteiger charge is 2.30. The second-order valence-electron chi connectivity index (χ2n) is 6.16. The maximum atomic E-state index is 12.9. The topological polar surface area (TPSA) is 101 Å². The van der Waals surface area contributed by atoms with Gasteiger partial charge in [0.2, 0.25) is 15.9 Å². The van der Waals surface area contributed by atoms with E-state index in [1.165, 1.54) is 6.42 Å². The van der Waals surface area contributed by atoms with Crippen LogP contribution in [0, 0.1) is 20.8 Å². The molecule has 2 aromatic rings. The zero-order valence-electron chi connectivity index (χ0n) is 13.6. The lowest BCUT2D eigenvalue weighted by Gasteiger charge is -2.22. The summed E-state index contributed by atoms with van der Waals surface area (Å²) in [6, 6.07) is 0.000581. The SMILES string of the molecule is Cc1nnc(-c2c(C)[nH]c(C)c2S(=O)(=O)NC2CCCCC2)o1. The van der Waals surface area contributed by atoms with E-state index in [0.29, 0.717) is 22.8 Å². The fraction of sp³-hybridized carbons (Fsp3) is 0.600. The molecular weight excluding hydrogens is 316 g/mol. The molecular formula is C15H22N4O3S. The molecule has 0 aromatic carbocycles. The van der Waals surface area contributed by atoms with Crippen LogP contribution in [0.1, 0.15) is 49.4 Å². The molecule has 2 heterocycles. The van der Waals surface area contributed by atoms with Crippen LogP contribution < -0.4 is 4.72 Å². The first-order valence-corrected chi connectivity index (χ1v) is 9.39. The smallest absolute Gasteiger partial charge is 0.250 e. The van der Waals surface area contributed by atoms with Gasteiger partial charge in [-0.1, -0.05) is 19.3 Å². The molecule has 8 heteroatoms. The predicted molar refractivity (Wildman–Crippen MR) is 85.5 cm³/mol. The van der Waals surface area contributed by atoms with Gasteiger partial charge in [0.25, 0.3) is 5.89 Å². The number of nitrogens with one attached hydrogen (secondary N) is 2. The van der Waals surface area contributed by atoms with E-state index < -0.39 is 10.0 Å². The zero-order valence-corrected chi connectivity index (χ0v) is 14.5. The number of hydrogen-bond donors (Lipinski definition) is 2. The molecule has 2 aromatic heterocycles. The first kappa shape index (κ1) is 16.2. The van der Waals surface area contributed by atoms with E-state index >= 15 is 0 Å². The van der Waals surface area contributed by atoms with Crippen molar-refractivity contribution in [1.29, 1.82) is 0 Å². The van der Waals surface area contributed by atoms with E-state index in [4.69, 9.17) is 4.42 Å². The summed E-state index contributed by atoms with van der Waals surface area (Å²) in [5.41, 5.74) is 1.75. The fourth-order valence-electron chi connectivity index (χ4n) is 3.25. The van der Waals surface area contributed by atoms with Crippen LogP contribution >= 0.6 is 0 Å². The quantitative estimate of drug-likeness (QED) is 0.892. The number of nitrogens with zero attached hydrogens (tertiary/aromatic N) is 2. The molecule has 2 N–H and O–H groups in total. The van der Waals surface area contributed by atoms with Gasteiger partial charge in [-0.3, -0.25) is 0 Å². The zero-order chi connectivity index (χ0) is 16.6. The average molecular weight is 338 g/mol. The molecule has 1 aliphatic rings. The molecule has 0 spiro atoms. The van der Waals surface area contributed by atoms with Gasteiger partial charge in [0.15, 0.2) is 0 Å². The number of rotatable bonds is 4. The maximum absolute atomic E-state index is 12.9. The Morgan fingerprint density at radius 3 is 2.39 bits per heavy atom. The summed E-state index contributed by atoms with van der Waals surface area (Å²) < 4.78 is 34.1. The summed E-state index contributed by atoms with van der Waals surface area (Å²) in [4.78, 5) is 3.29. The number of aromatic amines is 1. The molecule has 0 amide bonds. The standard InChI is InChI=1S/C15H22N4O3S/c1-9-13(15-18-17-11(3)22-15)14(10(2)16-9)23(20,21)19-12-7-5-4-6-8-12/h12,16,19H,4-8H2,1-3H3. The maximum Gasteiger partial charge on any atom is 0.250 e. The minimum absolute atomic E-state index is 0.000581. The highest BCUT2D eigenvalue weighted by atomic mass is 32.2. The molecule has 0 bridgehead atoms. The van der Waals surface area contributed by atoms with Crippen LogP contribution in [0.4, 0.5) is 0 Å². The highest BCUT2D eigenvalue weighted by Crippen LogP contribution is 2.33. The lowest BCUT2D eigenvalue weighted by atomic mass is 9.96. The van der Waals surface area contributed by atoms with E-state index in [2.05, 4.69) is 19.9 Å². The van der Waals surface area contributed by atoms with Crippen molar-refractivity contribution < 1.29 is 12.8 Å². The van der Waals surface area contributed by atoms with Gasteiger partial charge in [0.1, 0.15) is 4.90 Å². The lowest BCUT2D eigenvalue weighted by molar-refractivity contribution is 0.412. The molecule has 1 saturated carbocycles. The van der Waals surface area contributed by atoms with Gasteiger partial charge in [-0.2, -0.15) is 0 Å². The Kier molecular flexibility index (Phi) is 4.29. The van der Waals surface area contributed by atoms with Crippen LogP contribution in [0.3, 0.4) is 0 Å². The highest BCUT2D eigenvalue weighted by molar-refractivity contribution is 7.89. The molecule has 0 atom stereocenters. The molecule has 7 nitrogen and oxygen atoms in total. The number of sulfonamides is 1. The summed E-state index contributed by atoms with van der Waals surface area (Å²) in [6.45, 7) is 5.23. The van der Waals surface area contributed by atoms with Crippen molar-refractivity contribution >= 4 is 10.0 Å². The van der Waals surface area contributed by atoms with Crippen molar-refractivity contribution in [1.82, 2.24) is 19.9 Å². The van der Waals surface area contributed by atoms with Gasteiger partial charge in [-0.15, -0.1) is 10.2 Å². The summed E-state index contributed by atoms with van der Waals surface area (Å²) in [5, 5.41) is 7.79. The van der Waals surface area contributed by atoms with Crippen LogP contribution in [0.2, 0.25) is 0 Å². The molecule has 1 fully saturated rings. The monoisotopic (exact) mass is 338 g/mol. The predicted octanol–water partition coefficient (Wildman–Crippen LogP) is 2.60. The minimum atomic E-state index is -3.65.